The van der Waals surface area contributed by atoms with Gasteiger partial charge in [-0.25, -0.2) is 4.39 Å². The number of carbonyl (C=O) groups is 1. The summed E-state index contributed by atoms with van der Waals surface area (Å²) in [5.41, 5.74) is 7.16. The Morgan fingerprint density at radius 2 is 1.89 bits per heavy atom. The lowest BCUT2D eigenvalue weighted by Crippen LogP contribution is -2.39. The number of hydrogen-bond acceptors (Lipinski definition) is 4. The second-order valence-corrected chi connectivity index (χ2v) is 6.41. The molecular formula is C20H25ClFN3O2. The first-order chi connectivity index (χ1) is 12.7. The third-order valence-corrected chi connectivity index (χ3v) is 4.47. The molecule has 1 unspecified atom stereocenters. The number of halogens is 2. The summed E-state index contributed by atoms with van der Waals surface area (Å²) < 4.78 is 18.5. The molecule has 0 aromatic heterocycles. The molecule has 0 radical (unpaired) electrons. The molecule has 0 bridgehead atoms. The second-order valence-electron chi connectivity index (χ2n) is 6.41. The van der Waals surface area contributed by atoms with Crippen molar-refractivity contribution in [3.8, 4) is 5.75 Å². The fourth-order valence-electron chi connectivity index (χ4n) is 3.17. The number of hydrogen-bond donors (Lipinski definition) is 2. The van der Waals surface area contributed by atoms with Crippen LogP contribution >= 0.6 is 12.4 Å². The van der Waals surface area contributed by atoms with Crippen LogP contribution in [-0.2, 0) is 11.3 Å². The molecule has 0 aliphatic carbocycles. The minimum Gasteiger partial charge on any atom is -0.492 e. The first-order valence-corrected chi connectivity index (χ1v) is 8.88. The summed E-state index contributed by atoms with van der Waals surface area (Å²) >= 11 is 0. The minimum atomic E-state index is -0.247. The summed E-state index contributed by atoms with van der Waals surface area (Å²) in [5.74, 6) is 0.468. The summed E-state index contributed by atoms with van der Waals surface area (Å²) in [6, 6.07) is 13.5. The zero-order chi connectivity index (χ0) is 18.4. The van der Waals surface area contributed by atoms with Crippen molar-refractivity contribution in [2.45, 2.75) is 25.4 Å². The number of nitrogens with one attached hydrogen (secondary N) is 1. The van der Waals surface area contributed by atoms with Gasteiger partial charge in [0, 0.05) is 18.8 Å². The number of nitrogens with two attached hydrogens (primary N) is 1. The van der Waals surface area contributed by atoms with Gasteiger partial charge in [0.05, 0.1) is 6.04 Å². The number of likely N-dealkylation sites (tertiary alicyclic amines) is 1. The van der Waals surface area contributed by atoms with Gasteiger partial charge in [-0.3, -0.25) is 9.69 Å². The number of nitrogens with zero attached hydrogens (tertiary/aromatic N) is 1. The van der Waals surface area contributed by atoms with Crippen molar-refractivity contribution in [3.05, 3.63) is 59.9 Å². The van der Waals surface area contributed by atoms with Gasteiger partial charge < -0.3 is 15.8 Å². The van der Waals surface area contributed by atoms with Gasteiger partial charge in [0.2, 0.25) is 5.91 Å². The molecule has 1 heterocycles. The normalized spacial score (nSPS) is 16.6. The van der Waals surface area contributed by atoms with Crippen LogP contribution in [0.5, 0.6) is 5.75 Å². The zero-order valence-electron chi connectivity index (χ0n) is 15.1. The predicted molar refractivity (Wildman–Crippen MR) is 107 cm³/mol. The van der Waals surface area contributed by atoms with E-state index in [1.165, 1.54) is 12.1 Å². The van der Waals surface area contributed by atoms with E-state index >= 15 is 0 Å². The van der Waals surface area contributed by atoms with E-state index < -0.39 is 0 Å². The van der Waals surface area contributed by atoms with Crippen LogP contribution in [-0.4, -0.2) is 36.5 Å². The molecule has 1 saturated heterocycles. The van der Waals surface area contributed by atoms with Crippen molar-refractivity contribution in [2.75, 3.05) is 25.0 Å². The summed E-state index contributed by atoms with van der Waals surface area (Å²) in [4.78, 5) is 14.8. The lowest BCUT2D eigenvalue weighted by Gasteiger charge is -2.23. The number of amides is 1. The lowest BCUT2D eigenvalue weighted by atomic mass is 10.1. The Morgan fingerprint density at radius 3 is 2.56 bits per heavy atom. The molecule has 1 atom stereocenters. The van der Waals surface area contributed by atoms with Gasteiger partial charge >= 0.3 is 0 Å². The fourth-order valence-corrected chi connectivity index (χ4v) is 3.17. The van der Waals surface area contributed by atoms with Gasteiger partial charge in [-0.05, 0) is 61.3 Å². The monoisotopic (exact) mass is 393 g/mol. The molecule has 3 N–H and O–H groups in total. The van der Waals surface area contributed by atoms with Crippen molar-refractivity contribution in [1.29, 1.82) is 0 Å². The maximum absolute atomic E-state index is 13.1. The van der Waals surface area contributed by atoms with Crippen LogP contribution in [0.4, 0.5) is 10.1 Å². The summed E-state index contributed by atoms with van der Waals surface area (Å²) in [6.07, 6.45) is 1.80. The Bertz CT molecular complexity index is 725. The van der Waals surface area contributed by atoms with Gasteiger partial charge in [0.1, 0.15) is 18.2 Å². The smallest absolute Gasteiger partial charge is 0.241 e. The molecule has 5 nitrogen and oxygen atoms in total. The maximum atomic E-state index is 13.1. The van der Waals surface area contributed by atoms with E-state index in [2.05, 4.69) is 10.2 Å². The molecule has 7 heteroatoms. The SMILES string of the molecule is Cl.NCCOc1ccc(NC(=O)C2CCCN2Cc2ccc(F)cc2)cc1. The van der Waals surface area contributed by atoms with Crippen LogP contribution in [0.3, 0.4) is 0 Å². The zero-order valence-corrected chi connectivity index (χ0v) is 15.9. The quantitative estimate of drug-likeness (QED) is 0.758. The van der Waals surface area contributed by atoms with E-state index in [1.54, 1.807) is 12.1 Å². The Hall–Kier alpha value is -2.15. The molecular weight excluding hydrogens is 369 g/mol. The van der Waals surface area contributed by atoms with Crippen molar-refractivity contribution in [2.24, 2.45) is 5.73 Å². The average Bonchev–Trinajstić information content (AvgIpc) is 3.11. The van der Waals surface area contributed by atoms with Crippen LogP contribution in [0, 0.1) is 5.82 Å². The standard InChI is InChI=1S/C20H24FN3O2.ClH/c21-16-5-3-15(4-6-16)14-24-12-1-2-19(24)20(25)23-17-7-9-18(10-8-17)26-13-11-22;/h3-10,19H,1-2,11-14,22H2,(H,23,25);1H. The molecule has 0 spiro atoms. The van der Waals surface area contributed by atoms with Crippen LogP contribution in [0.15, 0.2) is 48.5 Å². The van der Waals surface area contributed by atoms with Gasteiger partial charge in [-0.1, -0.05) is 12.1 Å². The van der Waals surface area contributed by atoms with Crippen molar-refractivity contribution in [3.63, 3.8) is 0 Å². The van der Waals surface area contributed by atoms with Gasteiger partial charge in [-0.2, -0.15) is 0 Å². The average molecular weight is 394 g/mol. The highest BCUT2D eigenvalue weighted by Gasteiger charge is 2.30. The fraction of sp³-hybridized carbons (Fsp3) is 0.350. The molecule has 1 aliphatic heterocycles. The molecule has 1 amide bonds. The van der Waals surface area contributed by atoms with Gasteiger partial charge in [0.25, 0.3) is 0 Å². The third-order valence-electron chi connectivity index (χ3n) is 4.47. The Balaban J connectivity index is 0.00000261. The van der Waals surface area contributed by atoms with Crippen LogP contribution in [0.2, 0.25) is 0 Å². The number of carbonyl (C=O) groups excluding carboxylic acids is 1. The van der Waals surface area contributed by atoms with Crippen molar-refractivity contribution >= 4 is 24.0 Å². The predicted octanol–water partition coefficient (Wildman–Crippen LogP) is 3.19. The van der Waals surface area contributed by atoms with Gasteiger partial charge in [-0.15, -0.1) is 12.4 Å². The number of ether oxygens (including phenoxy) is 1. The van der Waals surface area contributed by atoms with E-state index in [1.807, 2.05) is 24.3 Å². The van der Waals surface area contributed by atoms with E-state index in [0.29, 0.717) is 19.7 Å². The molecule has 1 aliphatic rings. The molecule has 2 aromatic rings. The molecule has 27 heavy (non-hydrogen) atoms. The summed E-state index contributed by atoms with van der Waals surface area (Å²) in [7, 11) is 0. The molecule has 2 aromatic carbocycles. The van der Waals surface area contributed by atoms with Crippen molar-refractivity contribution < 1.29 is 13.9 Å². The van der Waals surface area contributed by atoms with E-state index in [9.17, 15) is 9.18 Å². The molecule has 0 saturated carbocycles. The summed E-state index contributed by atoms with van der Waals surface area (Å²) in [6.45, 7) is 2.43. The van der Waals surface area contributed by atoms with Crippen LogP contribution in [0.25, 0.3) is 0 Å². The lowest BCUT2D eigenvalue weighted by molar-refractivity contribution is -0.120. The second kappa shape index (κ2) is 10.3. The van der Waals surface area contributed by atoms with Crippen LogP contribution < -0.4 is 15.8 Å². The van der Waals surface area contributed by atoms with E-state index in [-0.39, 0.29) is 30.2 Å². The largest absolute Gasteiger partial charge is 0.492 e. The first kappa shape index (κ1) is 21.2. The van der Waals surface area contributed by atoms with Crippen molar-refractivity contribution in [1.82, 2.24) is 4.90 Å². The molecule has 3 rings (SSSR count). The topological polar surface area (TPSA) is 67.6 Å². The minimum absolute atomic E-state index is 0. The highest BCUT2D eigenvalue weighted by Crippen LogP contribution is 2.22. The van der Waals surface area contributed by atoms with Crippen LogP contribution in [0.1, 0.15) is 18.4 Å². The number of rotatable bonds is 7. The van der Waals surface area contributed by atoms with E-state index in [0.717, 1.165) is 36.4 Å². The number of anilines is 1. The van der Waals surface area contributed by atoms with Gasteiger partial charge in [0.15, 0.2) is 0 Å². The Kier molecular flexibility index (Phi) is 8.03. The highest BCUT2D eigenvalue weighted by atomic mass is 35.5. The Labute approximate surface area is 165 Å². The van der Waals surface area contributed by atoms with E-state index in [4.69, 9.17) is 10.5 Å². The summed E-state index contributed by atoms with van der Waals surface area (Å²) in [5, 5.41) is 2.97. The third kappa shape index (κ3) is 5.92. The first-order valence-electron chi connectivity index (χ1n) is 8.88. The maximum Gasteiger partial charge on any atom is 0.241 e. The highest BCUT2D eigenvalue weighted by molar-refractivity contribution is 5.95. The molecule has 146 valence electrons. The Morgan fingerprint density at radius 1 is 1.19 bits per heavy atom. The molecule has 1 fully saturated rings. The number of benzene rings is 2.